The lowest BCUT2D eigenvalue weighted by Gasteiger charge is -2.12. The van der Waals surface area contributed by atoms with Gasteiger partial charge in [-0.2, -0.15) is 0 Å². The molecule has 0 aromatic rings. The molecule has 1 N–H and O–H groups in total. The molecule has 0 fully saturated rings. The summed E-state index contributed by atoms with van der Waals surface area (Å²) in [6.45, 7) is 10.2. The van der Waals surface area contributed by atoms with Crippen molar-refractivity contribution in [2.45, 2.75) is 46.1 Å². The normalized spacial score (nSPS) is 14.0. The van der Waals surface area contributed by atoms with Crippen molar-refractivity contribution < 1.29 is 19.4 Å². The number of aliphatic hydroxyl groups excluding tert-OH is 1. The second kappa shape index (κ2) is 10.1. The zero-order valence-corrected chi connectivity index (χ0v) is 11.8. The summed E-state index contributed by atoms with van der Waals surface area (Å²) in [5.41, 5.74) is 0.330. The lowest BCUT2D eigenvalue weighted by atomic mass is 10.0. The van der Waals surface area contributed by atoms with Crippen molar-refractivity contribution in [1.82, 2.24) is 0 Å². The fourth-order valence-corrected chi connectivity index (χ4v) is 1.30. The van der Waals surface area contributed by atoms with Crippen LogP contribution < -0.4 is 0 Å². The van der Waals surface area contributed by atoms with Gasteiger partial charge >= 0.3 is 5.97 Å². The van der Waals surface area contributed by atoms with Crippen LogP contribution in [0.2, 0.25) is 0 Å². The third-order valence-electron chi connectivity index (χ3n) is 2.75. The van der Waals surface area contributed by atoms with Crippen LogP contribution in [0.5, 0.6) is 0 Å². The standard InChI is InChI=1S/C14H26O4/c1-5-12(4)7-6-8-17-9-13(15)10-18-14(16)11(2)3/h12-13,15H,2,5-10H2,1,3-4H3. The van der Waals surface area contributed by atoms with Gasteiger partial charge in [0.25, 0.3) is 0 Å². The summed E-state index contributed by atoms with van der Waals surface area (Å²) < 4.78 is 10.1. The van der Waals surface area contributed by atoms with Gasteiger partial charge in [-0.15, -0.1) is 0 Å². The van der Waals surface area contributed by atoms with Gasteiger partial charge in [0.05, 0.1) is 6.61 Å². The molecular formula is C14H26O4. The molecule has 0 aliphatic rings. The van der Waals surface area contributed by atoms with E-state index < -0.39 is 12.1 Å². The Balaban J connectivity index is 3.45. The van der Waals surface area contributed by atoms with E-state index in [-0.39, 0.29) is 13.2 Å². The van der Waals surface area contributed by atoms with Crippen LogP contribution in [-0.4, -0.2) is 37.0 Å². The summed E-state index contributed by atoms with van der Waals surface area (Å²) >= 11 is 0. The summed E-state index contributed by atoms with van der Waals surface area (Å²) in [6.07, 6.45) is 2.54. The lowest BCUT2D eigenvalue weighted by molar-refractivity contribution is -0.143. The van der Waals surface area contributed by atoms with Gasteiger partial charge < -0.3 is 14.6 Å². The zero-order chi connectivity index (χ0) is 14.0. The quantitative estimate of drug-likeness (QED) is 0.371. The fourth-order valence-electron chi connectivity index (χ4n) is 1.30. The third kappa shape index (κ3) is 9.19. The number of hydrogen-bond donors (Lipinski definition) is 1. The molecule has 0 rings (SSSR count). The SMILES string of the molecule is C=C(C)C(=O)OCC(O)COCCCC(C)CC. The molecule has 4 nitrogen and oxygen atoms in total. The van der Waals surface area contributed by atoms with Gasteiger partial charge in [-0.25, -0.2) is 4.79 Å². The molecular weight excluding hydrogens is 232 g/mol. The predicted molar refractivity (Wildman–Crippen MR) is 71.3 cm³/mol. The summed E-state index contributed by atoms with van der Waals surface area (Å²) in [7, 11) is 0. The van der Waals surface area contributed by atoms with Gasteiger partial charge in [0.2, 0.25) is 0 Å². The molecule has 0 aliphatic carbocycles. The van der Waals surface area contributed by atoms with Crippen LogP contribution >= 0.6 is 0 Å². The van der Waals surface area contributed by atoms with E-state index in [2.05, 4.69) is 20.4 Å². The Hall–Kier alpha value is -0.870. The van der Waals surface area contributed by atoms with Gasteiger partial charge in [-0.3, -0.25) is 0 Å². The van der Waals surface area contributed by atoms with E-state index in [1.54, 1.807) is 6.92 Å². The molecule has 0 bridgehead atoms. The molecule has 4 heteroatoms. The first kappa shape index (κ1) is 17.1. The first-order valence-corrected chi connectivity index (χ1v) is 6.55. The Kier molecular flexibility index (Phi) is 9.60. The van der Waals surface area contributed by atoms with Crippen LogP contribution in [0.3, 0.4) is 0 Å². The molecule has 0 radical (unpaired) electrons. The van der Waals surface area contributed by atoms with Crippen LogP contribution in [0, 0.1) is 5.92 Å². The second-order valence-corrected chi connectivity index (χ2v) is 4.76. The number of ether oxygens (including phenoxy) is 2. The molecule has 0 heterocycles. The number of hydrogen-bond acceptors (Lipinski definition) is 4. The van der Waals surface area contributed by atoms with Crippen molar-refractivity contribution in [2.24, 2.45) is 5.92 Å². The minimum atomic E-state index is -0.767. The van der Waals surface area contributed by atoms with Crippen LogP contribution in [0.15, 0.2) is 12.2 Å². The van der Waals surface area contributed by atoms with Crippen molar-refractivity contribution in [1.29, 1.82) is 0 Å². The molecule has 0 aliphatic heterocycles. The molecule has 0 saturated carbocycles. The maximum atomic E-state index is 11.1. The average Bonchev–Trinajstić information content (AvgIpc) is 2.34. The van der Waals surface area contributed by atoms with E-state index in [9.17, 15) is 9.90 Å². The molecule has 2 atom stereocenters. The van der Waals surface area contributed by atoms with Crippen LogP contribution in [0.25, 0.3) is 0 Å². The van der Waals surface area contributed by atoms with Crippen molar-refractivity contribution in [3.8, 4) is 0 Å². The van der Waals surface area contributed by atoms with E-state index in [4.69, 9.17) is 9.47 Å². The minimum absolute atomic E-state index is 0.0446. The number of aliphatic hydroxyl groups is 1. The lowest BCUT2D eigenvalue weighted by Crippen LogP contribution is -2.24. The van der Waals surface area contributed by atoms with E-state index in [0.29, 0.717) is 12.2 Å². The number of carbonyl (C=O) groups is 1. The van der Waals surface area contributed by atoms with Crippen molar-refractivity contribution in [3.05, 3.63) is 12.2 Å². The first-order valence-electron chi connectivity index (χ1n) is 6.55. The van der Waals surface area contributed by atoms with E-state index in [0.717, 1.165) is 18.8 Å². The molecule has 0 saturated heterocycles. The van der Waals surface area contributed by atoms with E-state index >= 15 is 0 Å². The Morgan fingerprint density at radius 3 is 2.61 bits per heavy atom. The van der Waals surface area contributed by atoms with Gasteiger partial charge in [0, 0.05) is 12.2 Å². The largest absolute Gasteiger partial charge is 0.460 e. The number of esters is 1. The summed E-state index contributed by atoms with van der Waals surface area (Å²) in [5.74, 6) is 0.237. The Morgan fingerprint density at radius 1 is 1.39 bits per heavy atom. The summed E-state index contributed by atoms with van der Waals surface area (Å²) in [4.78, 5) is 11.1. The summed E-state index contributed by atoms with van der Waals surface area (Å²) in [6, 6.07) is 0. The van der Waals surface area contributed by atoms with Crippen molar-refractivity contribution >= 4 is 5.97 Å². The van der Waals surface area contributed by atoms with Gasteiger partial charge in [0.15, 0.2) is 0 Å². The number of carbonyl (C=O) groups excluding carboxylic acids is 1. The number of rotatable bonds is 10. The highest BCUT2D eigenvalue weighted by molar-refractivity contribution is 5.86. The average molecular weight is 258 g/mol. The fraction of sp³-hybridized carbons (Fsp3) is 0.786. The maximum absolute atomic E-state index is 11.1. The monoisotopic (exact) mass is 258 g/mol. The Morgan fingerprint density at radius 2 is 2.06 bits per heavy atom. The smallest absolute Gasteiger partial charge is 0.333 e. The zero-order valence-electron chi connectivity index (χ0n) is 11.8. The van der Waals surface area contributed by atoms with Crippen LogP contribution in [0.1, 0.15) is 40.0 Å². The highest BCUT2D eigenvalue weighted by atomic mass is 16.5. The minimum Gasteiger partial charge on any atom is -0.460 e. The topological polar surface area (TPSA) is 55.8 Å². The Bertz CT molecular complexity index is 250. The van der Waals surface area contributed by atoms with Crippen LogP contribution in [0.4, 0.5) is 0 Å². The molecule has 0 aromatic heterocycles. The highest BCUT2D eigenvalue weighted by Gasteiger charge is 2.09. The van der Waals surface area contributed by atoms with E-state index in [1.165, 1.54) is 6.42 Å². The first-order chi connectivity index (χ1) is 8.47. The maximum Gasteiger partial charge on any atom is 0.333 e. The molecule has 0 spiro atoms. The molecule has 0 amide bonds. The summed E-state index contributed by atoms with van der Waals surface area (Å²) in [5, 5.41) is 9.50. The Labute approximate surface area is 110 Å². The predicted octanol–water partition coefficient (Wildman–Crippen LogP) is 2.31. The van der Waals surface area contributed by atoms with Crippen molar-refractivity contribution in [2.75, 3.05) is 19.8 Å². The van der Waals surface area contributed by atoms with Gasteiger partial charge in [-0.05, 0) is 25.7 Å². The van der Waals surface area contributed by atoms with Gasteiger partial charge in [0.1, 0.15) is 12.7 Å². The molecule has 106 valence electrons. The van der Waals surface area contributed by atoms with Gasteiger partial charge in [-0.1, -0.05) is 26.8 Å². The van der Waals surface area contributed by atoms with E-state index in [1.807, 2.05) is 0 Å². The molecule has 18 heavy (non-hydrogen) atoms. The molecule has 2 unspecified atom stereocenters. The highest BCUT2D eigenvalue weighted by Crippen LogP contribution is 2.08. The van der Waals surface area contributed by atoms with Crippen LogP contribution in [-0.2, 0) is 14.3 Å². The third-order valence-corrected chi connectivity index (χ3v) is 2.75. The molecule has 0 aromatic carbocycles. The second-order valence-electron chi connectivity index (χ2n) is 4.76. The van der Waals surface area contributed by atoms with Crippen molar-refractivity contribution in [3.63, 3.8) is 0 Å².